The van der Waals surface area contributed by atoms with Crippen LogP contribution in [-0.2, 0) is 4.79 Å². The van der Waals surface area contributed by atoms with E-state index < -0.39 is 12.0 Å². The summed E-state index contributed by atoms with van der Waals surface area (Å²) in [6, 6.07) is 4.17. The molecule has 0 unspecified atom stereocenters. The van der Waals surface area contributed by atoms with Crippen LogP contribution in [0.15, 0.2) is 22.7 Å². The predicted octanol–water partition coefficient (Wildman–Crippen LogP) is 1.72. The number of hydrogen-bond donors (Lipinski definition) is 2. The lowest BCUT2D eigenvalue weighted by molar-refractivity contribution is -0.141. The molecule has 0 saturated carbocycles. The van der Waals surface area contributed by atoms with Gasteiger partial charge in [0.1, 0.15) is 6.04 Å². The van der Waals surface area contributed by atoms with Gasteiger partial charge in [0.25, 0.3) is 5.91 Å². The zero-order valence-corrected chi connectivity index (χ0v) is 11.2. The number of carboxylic acid groups (broad SMARTS) is 1. The zero-order valence-electron chi connectivity index (χ0n) is 9.60. The van der Waals surface area contributed by atoms with E-state index in [4.69, 9.17) is 10.8 Å². The van der Waals surface area contributed by atoms with Crippen molar-refractivity contribution in [1.29, 1.82) is 0 Å². The maximum Gasteiger partial charge on any atom is 0.326 e. The van der Waals surface area contributed by atoms with E-state index in [1.165, 1.54) is 4.90 Å². The second-order valence-electron chi connectivity index (χ2n) is 4.23. The number of carboxylic acids is 1. The highest BCUT2D eigenvalue weighted by molar-refractivity contribution is 9.10. The molecule has 0 aromatic heterocycles. The standard InChI is InChI=1S/C12H13BrN2O3/c13-8-4-3-7(6-9(8)14)11(16)15-5-1-2-10(15)12(17)18/h3-4,6,10H,1-2,5,14H2,(H,17,18)/t10-/m0/s1. The molecule has 18 heavy (non-hydrogen) atoms. The molecule has 1 amide bonds. The van der Waals surface area contributed by atoms with Gasteiger partial charge < -0.3 is 15.7 Å². The first-order valence-electron chi connectivity index (χ1n) is 5.59. The van der Waals surface area contributed by atoms with Gasteiger partial charge in [-0.25, -0.2) is 4.79 Å². The van der Waals surface area contributed by atoms with Crippen LogP contribution in [0.4, 0.5) is 5.69 Å². The van der Waals surface area contributed by atoms with Crippen LogP contribution in [0.25, 0.3) is 0 Å². The van der Waals surface area contributed by atoms with Crippen molar-refractivity contribution in [2.45, 2.75) is 18.9 Å². The quantitative estimate of drug-likeness (QED) is 0.814. The lowest BCUT2D eigenvalue weighted by atomic mass is 10.1. The third-order valence-corrected chi connectivity index (χ3v) is 3.76. The van der Waals surface area contributed by atoms with Gasteiger partial charge >= 0.3 is 5.97 Å². The highest BCUT2D eigenvalue weighted by atomic mass is 79.9. The molecule has 1 fully saturated rings. The van der Waals surface area contributed by atoms with E-state index in [9.17, 15) is 9.59 Å². The van der Waals surface area contributed by atoms with Crippen molar-refractivity contribution in [1.82, 2.24) is 4.90 Å². The number of aliphatic carboxylic acids is 1. The average Bonchev–Trinajstić information content (AvgIpc) is 2.81. The van der Waals surface area contributed by atoms with Crippen LogP contribution in [0, 0.1) is 0 Å². The minimum atomic E-state index is -0.953. The Bertz CT molecular complexity index is 504. The van der Waals surface area contributed by atoms with Gasteiger partial charge in [-0.3, -0.25) is 4.79 Å². The van der Waals surface area contributed by atoms with Gasteiger partial charge in [0.05, 0.1) is 0 Å². The Morgan fingerprint density at radius 1 is 1.44 bits per heavy atom. The lowest BCUT2D eigenvalue weighted by Gasteiger charge is -2.21. The number of likely N-dealkylation sites (tertiary alicyclic amines) is 1. The summed E-state index contributed by atoms with van der Waals surface area (Å²) >= 11 is 3.25. The molecule has 96 valence electrons. The first-order chi connectivity index (χ1) is 8.50. The number of carbonyl (C=O) groups excluding carboxylic acids is 1. The normalized spacial score (nSPS) is 18.9. The number of benzene rings is 1. The van der Waals surface area contributed by atoms with Crippen molar-refractivity contribution >= 4 is 33.5 Å². The molecule has 0 aliphatic carbocycles. The van der Waals surface area contributed by atoms with Gasteiger partial charge in [-0.2, -0.15) is 0 Å². The number of hydrogen-bond acceptors (Lipinski definition) is 3. The monoisotopic (exact) mass is 312 g/mol. The Hall–Kier alpha value is -1.56. The maximum atomic E-state index is 12.2. The van der Waals surface area contributed by atoms with Crippen molar-refractivity contribution in [3.63, 3.8) is 0 Å². The lowest BCUT2D eigenvalue weighted by Crippen LogP contribution is -2.40. The van der Waals surface area contributed by atoms with Gasteiger partial charge in [-0.1, -0.05) is 0 Å². The highest BCUT2D eigenvalue weighted by Crippen LogP contribution is 2.24. The van der Waals surface area contributed by atoms with Crippen molar-refractivity contribution in [2.24, 2.45) is 0 Å². The Kier molecular flexibility index (Phi) is 3.56. The summed E-state index contributed by atoms with van der Waals surface area (Å²) in [4.78, 5) is 24.7. The Morgan fingerprint density at radius 2 is 2.17 bits per heavy atom. The van der Waals surface area contributed by atoms with Crippen molar-refractivity contribution < 1.29 is 14.7 Å². The highest BCUT2D eigenvalue weighted by Gasteiger charge is 2.34. The predicted molar refractivity (Wildman–Crippen MR) is 70.2 cm³/mol. The van der Waals surface area contributed by atoms with Crippen LogP contribution in [0.3, 0.4) is 0 Å². The Morgan fingerprint density at radius 3 is 2.78 bits per heavy atom. The number of amides is 1. The van der Waals surface area contributed by atoms with Crippen LogP contribution in [0.2, 0.25) is 0 Å². The third-order valence-electron chi connectivity index (χ3n) is 3.04. The maximum absolute atomic E-state index is 12.2. The van der Waals surface area contributed by atoms with E-state index in [1.807, 2.05) is 0 Å². The fourth-order valence-electron chi connectivity index (χ4n) is 2.11. The van der Waals surface area contributed by atoms with E-state index in [1.54, 1.807) is 18.2 Å². The molecule has 3 N–H and O–H groups in total. The summed E-state index contributed by atoms with van der Waals surface area (Å²) in [7, 11) is 0. The van der Waals surface area contributed by atoms with Crippen LogP contribution in [0.5, 0.6) is 0 Å². The van der Waals surface area contributed by atoms with Crippen molar-refractivity contribution in [3.8, 4) is 0 Å². The molecule has 1 aromatic rings. The molecular formula is C12H13BrN2O3. The molecule has 1 aromatic carbocycles. The average molecular weight is 313 g/mol. The molecular weight excluding hydrogens is 300 g/mol. The van der Waals surface area contributed by atoms with E-state index in [-0.39, 0.29) is 5.91 Å². The second-order valence-corrected chi connectivity index (χ2v) is 5.09. The first kappa shape index (κ1) is 12.9. The van der Waals surface area contributed by atoms with Gasteiger partial charge in [-0.05, 0) is 47.0 Å². The number of nitrogen functional groups attached to an aromatic ring is 1. The molecule has 0 bridgehead atoms. The van der Waals surface area contributed by atoms with E-state index in [0.29, 0.717) is 30.6 Å². The molecule has 1 aliphatic heterocycles. The van der Waals surface area contributed by atoms with Crippen LogP contribution in [0.1, 0.15) is 23.2 Å². The fraction of sp³-hybridized carbons (Fsp3) is 0.333. The molecule has 5 nitrogen and oxygen atoms in total. The number of carbonyl (C=O) groups is 2. The van der Waals surface area contributed by atoms with Gasteiger partial charge in [0, 0.05) is 22.3 Å². The van der Waals surface area contributed by atoms with E-state index in [0.717, 1.165) is 4.47 Å². The third kappa shape index (κ3) is 2.33. The summed E-state index contributed by atoms with van der Waals surface area (Å²) in [5.41, 5.74) is 6.60. The summed E-state index contributed by atoms with van der Waals surface area (Å²) < 4.78 is 0.718. The molecule has 6 heteroatoms. The van der Waals surface area contributed by atoms with E-state index >= 15 is 0 Å². The summed E-state index contributed by atoms with van der Waals surface area (Å²) in [5.74, 6) is -1.23. The SMILES string of the molecule is Nc1cc(C(=O)N2CCC[C@H]2C(=O)O)ccc1Br. The van der Waals surface area contributed by atoms with Crippen LogP contribution < -0.4 is 5.73 Å². The number of nitrogens with zero attached hydrogens (tertiary/aromatic N) is 1. The minimum absolute atomic E-state index is 0.279. The first-order valence-corrected chi connectivity index (χ1v) is 6.39. The number of nitrogens with two attached hydrogens (primary N) is 1. The zero-order chi connectivity index (χ0) is 13.3. The van der Waals surface area contributed by atoms with Crippen molar-refractivity contribution in [3.05, 3.63) is 28.2 Å². The molecule has 1 heterocycles. The number of halogens is 1. The number of rotatable bonds is 2. The van der Waals surface area contributed by atoms with E-state index in [2.05, 4.69) is 15.9 Å². The molecule has 0 radical (unpaired) electrons. The Labute approximate surface area is 113 Å². The van der Waals surface area contributed by atoms with Gasteiger partial charge in [0.15, 0.2) is 0 Å². The summed E-state index contributed by atoms with van der Waals surface area (Å²) in [5, 5.41) is 9.05. The molecule has 0 spiro atoms. The largest absolute Gasteiger partial charge is 0.480 e. The van der Waals surface area contributed by atoms with Gasteiger partial charge in [-0.15, -0.1) is 0 Å². The van der Waals surface area contributed by atoms with Crippen molar-refractivity contribution in [2.75, 3.05) is 12.3 Å². The van der Waals surface area contributed by atoms with Gasteiger partial charge in [0.2, 0.25) is 0 Å². The van der Waals surface area contributed by atoms with Crippen LogP contribution >= 0.6 is 15.9 Å². The molecule has 2 rings (SSSR count). The number of anilines is 1. The Balaban J connectivity index is 2.25. The molecule has 1 atom stereocenters. The summed E-state index contributed by atoms with van der Waals surface area (Å²) in [6.45, 7) is 0.478. The fourth-order valence-corrected chi connectivity index (χ4v) is 2.36. The smallest absolute Gasteiger partial charge is 0.326 e. The van der Waals surface area contributed by atoms with Crippen LogP contribution in [-0.4, -0.2) is 34.5 Å². The topological polar surface area (TPSA) is 83.6 Å². The second kappa shape index (κ2) is 4.97. The minimum Gasteiger partial charge on any atom is -0.480 e. The summed E-state index contributed by atoms with van der Waals surface area (Å²) in [6.07, 6.45) is 1.22. The molecule has 1 saturated heterocycles. The molecule has 1 aliphatic rings.